The molecule has 1 N–H and O–H groups in total. The van der Waals surface area contributed by atoms with E-state index in [2.05, 4.69) is 10.1 Å². The van der Waals surface area contributed by atoms with E-state index in [4.69, 9.17) is 0 Å². The van der Waals surface area contributed by atoms with Crippen LogP contribution in [0.15, 0.2) is 24.3 Å². The van der Waals surface area contributed by atoms with Gasteiger partial charge in [0, 0.05) is 12.0 Å². The summed E-state index contributed by atoms with van der Waals surface area (Å²) in [5.74, 6) is -0.524. The fourth-order valence-corrected chi connectivity index (χ4v) is 2.41. The SMILES string of the molecule is O=COCc1ccc(C2CC(C(F)F)CCN2)cc1. The van der Waals surface area contributed by atoms with Crippen LogP contribution in [-0.2, 0) is 16.1 Å². The molecule has 5 heteroatoms. The lowest BCUT2D eigenvalue weighted by Crippen LogP contribution is -2.34. The molecule has 1 heterocycles. The zero-order valence-electron chi connectivity index (χ0n) is 10.5. The Morgan fingerprint density at radius 2 is 2.11 bits per heavy atom. The van der Waals surface area contributed by atoms with E-state index in [0.717, 1.165) is 11.1 Å². The summed E-state index contributed by atoms with van der Waals surface area (Å²) in [5, 5.41) is 3.26. The van der Waals surface area contributed by atoms with Crippen LogP contribution in [0.2, 0.25) is 0 Å². The highest BCUT2D eigenvalue weighted by molar-refractivity contribution is 5.37. The summed E-state index contributed by atoms with van der Waals surface area (Å²) in [5.41, 5.74) is 1.89. The molecule has 1 aromatic carbocycles. The van der Waals surface area contributed by atoms with Crippen LogP contribution in [0.3, 0.4) is 0 Å². The lowest BCUT2D eigenvalue weighted by Gasteiger charge is -2.30. The molecule has 1 fully saturated rings. The predicted octanol–water partition coefficient (Wildman–Crippen LogP) is 2.67. The molecule has 2 unspecified atom stereocenters. The largest absolute Gasteiger partial charge is 0.463 e. The van der Waals surface area contributed by atoms with Gasteiger partial charge in [-0.25, -0.2) is 8.78 Å². The van der Waals surface area contributed by atoms with Crippen molar-refractivity contribution in [1.82, 2.24) is 5.32 Å². The van der Waals surface area contributed by atoms with Crippen LogP contribution in [0.4, 0.5) is 8.78 Å². The maximum Gasteiger partial charge on any atom is 0.293 e. The highest BCUT2D eigenvalue weighted by Gasteiger charge is 2.28. The normalized spacial score (nSPS) is 23.3. The Labute approximate surface area is 111 Å². The second-order valence-electron chi connectivity index (χ2n) is 4.77. The number of hydrogen-bond acceptors (Lipinski definition) is 3. The maximum absolute atomic E-state index is 12.7. The number of carbonyl (C=O) groups excluding carboxylic acids is 1. The minimum absolute atomic E-state index is 0.0196. The first kappa shape index (κ1) is 13.9. The molecular formula is C14H17F2NO2. The predicted molar refractivity (Wildman–Crippen MR) is 66.8 cm³/mol. The van der Waals surface area contributed by atoms with Gasteiger partial charge in [-0.2, -0.15) is 0 Å². The standard InChI is InChI=1S/C14H17F2NO2/c15-14(16)12-5-6-17-13(7-12)11-3-1-10(2-4-11)8-19-9-18/h1-4,9,12-14,17H,5-8H2. The second-order valence-corrected chi connectivity index (χ2v) is 4.77. The minimum Gasteiger partial charge on any atom is -0.463 e. The van der Waals surface area contributed by atoms with Gasteiger partial charge in [-0.1, -0.05) is 24.3 Å². The van der Waals surface area contributed by atoms with Crippen molar-refractivity contribution in [2.45, 2.75) is 31.9 Å². The number of benzene rings is 1. The summed E-state index contributed by atoms with van der Waals surface area (Å²) in [6, 6.07) is 7.48. The summed E-state index contributed by atoms with van der Waals surface area (Å²) < 4.78 is 30.1. The van der Waals surface area contributed by atoms with Crippen molar-refractivity contribution in [2.75, 3.05) is 6.54 Å². The van der Waals surface area contributed by atoms with E-state index >= 15 is 0 Å². The van der Waals surface area contributed by atoms with Gasteiger partial charge in [0.05, 0.1) is 0 Å². The van der Waals surface area contributed by atoms with Crippen molar-refractivity contribution in [3.05, 3.63) is 35.4 Å². The first-order chi connectivity index (χ1) is 9.20. The van der Waals surface area contributed by atoms with E-state index in [0.29, 0.717) is 25.9 Å². The molecule has 1 saturated heterocycles. The van der Waals surface area contributed by atoms with Gasteiger partial charge in [-0.05, 0) is 30.5 Å². The lowest BCUT2D eigenvalue weighted by atomic mass is 9.89. The number of ether oxygens (including phenoxy) is 1. The Balaban J connectivity index is 1.99. The average molecular weight is 269 g/mol. The quantitative estimate of drug-likeness (QED) is 0.835. The van der Waals surface area contributed by atoms with Gasteiger partial charge in [0.25, 0.3) is 6.47 Å². The van der Waals surface area contributed by atoms with Crippen LogP contribution in [0.1, 0.15) is 30.0 Å². The second kappa shape index (κ2) is 6.61. The third kappa shape index (κ3) is 3.73. The van der Waals surface area contributed by atoms with E-state index in [1.54, 1.807) is 0 Å². The number of nitrogens with one attached hydrogen (secondary N) is 1. The van der Waals surface area contributed by atoms with Gasteiger partial charge in [-0.15, -0.1) is 0 Å². The summed E-state index contributed by atoms with van der Waals surface area (Å²) in [6.07, 6.45) is -1.26. The van der Waals surface area contributed by atoms with Gasteiger partial charge >= 0.3 is 0 Å². The molecule has 0 bridgehead atoms. The van der Waals surface area contributed by atoms with Crippen molar-refractivity contribution < 1.29 is 18.3 Å². The van der Waals surface area contributed by atoms with Gasteiger partial charge in [0.2, 0.25) is 6.43 Å². The molecular weight excluding hydrogens is 252 g/mol. The first-order valence-corrected chi connectivity index (χ1v) is 6.36. The fourth-order valence-electron chi connectivity index (χ4n) is 2.41. The van der Waals surface area contributed by atoms with Crippen LogP contribution in [0.5, 0.6) is 0 Å². The average Bonchev–Trinajstić information content (AvgIpc) is 2.46. The van der Waals surface area contributed by atoms with Crippen molar-refractivity contribution in [2.24, 2.45) is 5.92 Å². The van der Waals surface area contributed by atoms with E-state index in [-0.39, 0.29) is 12.6 Å². The number of halogens is 2. The van der Waals surface area contributed by atoms with Crippen LogP contribution in [-0.4, -0.2) is 19.4 Å². The molecule has 2 rings (SSSR count). The molecule has 2 atom stereocenters. The van der Waals surface area contributed by atoms with E-state index in [1.807, 2.05) is 24.3 Å². The first-order valence-electron chi connectivity index (χ1n) is 6.36. The number of hydrogen-bond donors (Lipinski definition) is 1. The van der Waals surface area contributed by atoms with Crippen LogP contribution in [0, 0.1) is 5.92 Å². The molecule has 0 radical (unpaired) electrons. The van der Waals surface area contributed by atoms with E-state index in [1.165, 1.54) is 0 Å². The number of alkyl halides is 2. The Morgan fingerprint density at radius 1 is 1.37 bits per heavy atom. The van der Waals surface area contributed by atoms with Crippen molar-refractivity contribution in [3.63, 3.8) is 0 Å². The fraction of sp³-hybridized carbons (Fsp3) is 0.500. The zero-order chi connectivity index (χ0) is 13.7. The van der Waals surface area contributed by atoms with Crippen LogP contribution < -0.4 is 5.32 Å². The Bertz CT molecular complexity index is 408. The van der Waals surface area contributed by atoms with Gasteiger partial charge in [0.15, 0.2) is 0 Å². The minimum atomic E-state index is -2.25. The molecule has 1 aliphatic rings. The number of piperidine rings is 1. The number of rotatable bonds is 5. The Hall–Kier alpha value is -1.49. The molecule has 0 saturated carbocycles. The van der Waals surface area contributed by atoms with Crippen LogP contribution in [0.25, 0.3) is 0 Å². The molecule has 0 amide bonds. The third-order valence-corrected chi connectivity index (χ3v) is 3.50. The highest BCUT2D eigenvalue weighted by Crippen LogP contribution is 2.31. The monoisotopic (exact) mass is 269 g/mol. The van der Waals surface area contributed by atoms with Gasteiger partial charge in [-0.3, -0.25) is 4.79 Å². The van der Waals surface area contributed by atoms with E-state index in [9.17, 15) is 13.6 Å². The molecule has 19 heavy (non-hydrogen) atoms. The van der Waals surface area contributed by atoms with Gasteiger partial charge in [0.1, 0.15) is 6.61 Å². The van der Waals surface area contributed by atoms with Crippen molar-refractivity contribution in [1.29, 1.82) is 0 Å². The van der Waals surface area contributed by atoms with Gasteiger partial charge < -0.3 is 10.1 Å². The molecule has 104 valence electrons. The highest BCUT2D eigenvalue weighted by atomic mass is 19.3. The molecule has 0 aromatic heterocycles. The Kier molecular flexibility index (Phi) is 4.85. The summed E-state index contributed by atoms with van der Waals surface area (Å²) in [7, 11) is 0. The molecule has 0 aliphatic carbocycles. The topological polar surface area (TPSA) is 38.3 Å². The zero-order valence-corrected chi connectivity index (χ0v) is 10.5. The van der Waals surface area contributed by atoms with Crippen molar-refractivity contribution in [3.8, 4) is 0 Å². The summed E-state index contributed by atoms with van der Waals surface area (Å²) in [6.45, 7) is 1.26. The lowest BCUT2D eigenvalue weighted by molar-refractivity contribution is -0.129. The molecule has 1 aliphatic heterocycles. The Morgan fingerprint density at radius 3 is 2.74 bits per heavy atom. The van der Waals surface area contributed by atoms with E-state index < -0.39 is 12.3 Å². The summed E-state index contributed by atoms with van der Waals surface area (Å²) >= 11 is 0. The smallest absolute Gasteiger partial charge is 0.293 e. The summed E-state index contributed by atoms with van der Waals surface area (Å²) in [4.78, 5) is 10.1. The molecule has 3 nitrogen and oxygen atoms in total. The number of carbonyl (C=O) groups is 1. The molecule has 1 aromatic rings. The van der Waals surface area contributed by atoms with Crippen molar-refractivity contribution >= 4 is 6.47 Å². The third-order valence-electron chi connectivity index (χ3n) is 3.50. The molecule has 0 spiro atoms. The maximum atomic E-state index is 12.7. The van der Waals surface area contributed by atoms with Crippen LogP contribution >= 0.6 is 0 Å².